The average molecular weight is 183 g/mol. The molecule has 0 aliphatic rings. The van der Waals surface area contributed by atoms with E-state index in [0.29, 0.717) is 17.9 Å². The van der Waals surface area contributed by atoms with Crippen LogP contribution in [0.15, 0.2) is 18.2 Å². The Morgan fingerprint density at radius 2 is 2.23 bits per heavy atom. The topological polar surface area (TPSA) is 35.2 Å². The monoisotopic (exact) mass is 183 g/mol. The standard InChI is InChI=1S/C10H14FNO/c1-7(6-12)9-4-3-8(13-2)5-10(9)11/h3-5,7H,6,12H2,1-2H3. The first-order valence-corrected chi connectivity index (χ1v) is 4.22. The second-order valence-corrected chi connectivity index (χ2v) is 3.02. The number of benzene rings is 1. The number of hydrogen-bond acceptors (Lipinski definition) is 2. The molecule has 1 aromatic rings. The molecule has 3 heteroatoms. The number of methoxy groups -OCH3 is 1. The minimum absolute atomic E-state index is 0.0471. The van der Waals surface area contributed by atoms with E-state index >= 15 is 0 Å². The van der Waals surface area contributed by atoms with Gasteiger partial charge in [-0.2, -0.15) is 0 Å². The smallest absolute Gasteiger partial charge is 0.130 e. The zero-order valence-corrected chi connectivity index (χ0v) is 7.88. The molecule has 1 atom stereocenters. The van der Waals surface area contributed by atoms with E-state index < -0.39 is 0 Å². The van der Waals surface area contributed by atoms with E-state index in [0.717, 1.165) is 0 Å². The molecule has 0 bridgehead atoms. The summed E-state index contributed by atoms with van der Waals surface area (Å²) < 4.78 is 18.2. The summed E-state index contributed by atoms with van der Waals surface area (Å²) >= 11 is 0. The Balaban J connectivity index is 2.98. The highest BCUT2D eigenvalue weighted by atomic mass is 19.1. The molecule has 1 unspecified atom stereocenters. The number of halogens is 1. The lowest BCUT2D eigenvalue weighted by atomic mass is 10.0. The fraction of sp³-hybridized carbons (Fsp3) is 0.400. The Bertz CT molecular complexity index is 288. The third-order valence-corrected chi connectivity index (χ3v) is 2.09. The second-order valence-electron chi connectivity index (χ2n) is 3.02. The molecular formula is C10H14FNO. The van der Waals surface area contributed by atoms with Crippen LogP contribution in [0.5, 0.6) is 5.75 Å². The minimum atomic E-state index is -0.252. The maximum Gasteiger partial charge on any atom is 0.130 e. The molecule has 2 nitrogen and oxygen atoms in total. The summed E-state index contributed by atoms with van der Waals surface area (Å²) in [6.07, 6.45) is 0. The van der Waals surface area contributed by atoms with Crippen molar-refractivity contribution in [2.24, 2.45) is 5.73 Å². The molecular weight excluding hydrogens is 169 g/mol. The first-order chi connectivity index (χ1) is 6.19. The zero-order valence-electron chi connectivity index (χ0n) is 7.88. The van der Waals surface area contributed by atoms with Crippen LogP contribution < -0.4 is 10.5 Å². The predicted molar refractivity (Wildman–Crippen MR) is 50.4 cm³/mol. The average Bonchev–Trinajstić information content (AvgIpc) is 2.16. The lowest BCUT2D eigenvalue weighted by molar-refractivity contribution is 0.410. The molecule has 0 spiro atoms. The van der Waals surface area contributed by atoms with Gasteiger partial charge < -0.3 is 10.5 Å². The number of hydrogen-bond donors (Lipinski definition) is 1. The Labute approximate surface area is 77.5 Å². The molecule has 2 N–H and O–H groups in total. The predicted octanol–water partition coefficient (Wildman–Crippen LogP) is 1.90. The Morgan fingerprint density at radius 3 is 2.69 bits per heavy atom. The summed E-state index contributed by atoms with van der Waals surface area (Å²) in [7, 11) is 1.51. The number of nitrogens with two attached hydrogens (primary N) is 1. The van der Waals surface area contributed by atoms with Crippen LogP contribution in [0.1, 0.15) is 18.4 Å². The van der Waals surface area contributed by atoms with Crippen molar-refractivity contribution in [1.29, 1.82) is 0 Å². The maximum absolute atomic E-state index is 13.3. The van der Waals surface area contributed by atoms with Gasteiger partial charge in [-0.15, -0.1) is 0 Å². The summed E-state index contributed by atoms with van der Waals surface area (Å²) in [5, 5.41) is 0. The maximum atomic E-state index is 13.3. The van der Waals surface area contributed by atoms with Gasteiger partial charge >= 0.3 is 0 Å². The highest BCUT2D eigenvalue weighted by molar-refractivity contribution is 5.30. The molecule has 1 aromatic carbocycles. The summed E-state index contributed by atoms with van der Waals surface area (Å²) in [5.74, 6) is 0.327. The van der Waals surface area contributed by atoms with Crippen molar-refractivity contribution in [2.45, 2.75) is 12.8 Å². The molecule has 1 rings (SSSR count). The van der Waals surface area contributed by atoms with Crippen molar-refractivity contribution >= 4 is 0 Å². The van der Waals surface area contributed by atoms with E-state index in [4.69, 9.17) is 10.5 Å². The zero-order chi connectivity index (χ0) is 9.84. The summed E-state index contributed by atoms with van der Waals surface area (Å²) in [6, 6.07) is 4.83. The van der Waals surface area contributed by atoms with E-state index in [-0.39, 0.29) is 11.7 Å². The third-order valence-electron chi connectivity index (χ3n) is 2.09. The normalized spacial score (nSPS) is 12.6. The van der Waals surface area contributed by atoms with E-state index in [9.17, 15) is 4.39 Å². The fourth-order valence-electron chi connectivity index (χ4n) is 1.16. The SMILES string of the molecule is COc1ccc(C(C)CN)c(F)c1. The van der Waals surface area contributed by atoms with Crippen molar-refractivity contribution in [3.05, 3.63) is 29.6 Å². The van der Waals surface area contributed by atoms with Crippen molar-refractivity contribution < 1.29 is 9.13 Å². The van der Waals surface area contributed by atoms with Gasteiger partial charge in [0, 0.05) is 6.07 Å². The minimum Gasteiger partial charge on any atom is -0.497 e. The van der Waals surface area contributed by atoms with Gasteiger partial charge in [0.05, 0.1) is 7.11 Å². The first kappa shape index (κ1) is 9.99. The molecule has 0 amide bonds. The van der Waals surface area contributed by atoms with Gasteiger partial charge in [-0.3, -0.25) is 0 Å². The van der Waals surface area contributed by atoms with Crippen LogP contribution in [0.3, 0.4) is 0 Å². The quantitative estimate of drug-likeness (QED) is 0.776. The Morgan fingerprint density at radius 1 is 1.54 bits per heavy atom. The van der Waals surface area contributed by atoms with Crippen LogP contribution in [0.4, 0.5) is 4.39 Å². The molecule has 13 heavy (non-hydrogen) atoms. The van der Waals surface area contributed by atoms with Gasteiger partial charge in [-0.1, -0.05) is 13.0 Å². The lowest BCUT2D eigenvalue weighted by Crippen LogP contribution is -2.10. The van der Waals surface area contributed by atoms with E-state index in [1.165, 1.54) is 13.2 Å². The third kappa shape index (κ3) is 2.18. The second kappa shape index (κ2) is 4.23. The molecule has 0 radical (unpaired) electrons. The van der Waals surface area contributed by atoms with E-state index in [1.54, 1.807) is 12.1 Å². The van der Waals surface area contributed by atoms with Crippen molar-refractivity contribution in [2.75, 3.05) is 13.7 Å². The van der Waals surface area contributed by atoms with Crippen LogP contribution in [0.2, 0.25) is 0 Å². The molecule has 0 heterocycles. The molecule has 72 valence electrons. The lowest BCUT2D eigenvalue weighted by Gasteiger charge is -2.10. The summed E-state index contributed by atoms with van der Waals surface area (Å²) in [6.45, 7) is 2.34. The Hall–Kier alpha value is -1.09. The van der Waals surface area contributed by atoms with Crippen LogP contribution >= 0.6 is 0 Å². The van der Waals surface area contributed by atoms with E-state index in [2.05, 4.69) is 0 Å². The molecule has 0 fully saturated rings. The summed E-state index contributed by atoms with van der Waals surface area (Å²) in [5.41, 5.74) is 6.09. The van der Waals surface area contributed by atoms with Gasteiger partial charge in [0.1, 0.15) is 11.6 Å². The molecule has 0 aliphatic heterocycles. The highest BCUT2D eigenvalue weighted by Crippen LogP contribution is 2.22. The number of rotatable bonds is 3. The molecule has 0 saturated carbocycles. The van der Waals surface area contributed by atoms with E-state index in [1.807, 2.05) is 6.92 Å². The van der Waals surface area contributed by atoms with Crippen LogP contribution in [0, 0.1) is 5.82 Å². The number of ether oxygens (including phenoxy) is 1. The molecule has 0 aromatic heterocycles. The largest absolute Gasteiger partial charge is 0.497 e. The van der Waals surface area contributed by atoms with Gasteiger partial charge in [0.25, 0.3) is 0 Å². The van der Waals surface area contributed by atoms with Crippen LogP contribution in [-0.2, 0) is 0 Å². The van der Waals surface area contributed by atoms with Gasteiger partial charge in [-0.05, 0) is 24.1 Å². The Kier molecular flexibility index (Phi) is 3.25. The highest BCUT2D eigenvalue weighted by Gasteiger charge is 2.09. The fourth-order valence-corrected chi connectivity index (χ4v) is 1.16. The van der Waals surface area contributed by atoms with Gasteiger partial charge in [0.15, 0.2) is 0 Å². The summed E-state index contributed by atoms with van der Waals surface area (Å²) in [4.78, 5) is 0. The van der Waals surface area contributed by atoms with Crippen molar-refractivity contribution in [1.82, 2.24) is 0 Å². The van der Waals surface area contributed by atoms with Gasteiger partial charge in [0.2, 0.25) is 0 Å². The molecule has 0 saturated heterocycles. The first-order valence-electron chi connectivity index (χ1n) is 4.22. The van der Waals surface area contributed by atoms with Crippen LogP contribution in [0.25, 0.3) is 0 Å². The molecule has 0 aliphatic carbocycles. The van der Waals surface area contributed by atoms with Crippen molar-refractivity contribution in [3.63, 3.8) is 0 Å². The van der Waals surface area contributed by atoms with Crippen molar-refractivity contribution in [3.8, 4) is 5.75 Å². The van der Waals surface area contributed by atoms with Gasteiger partial charge in [-0.25, -0.2) is 4.39 Å². The van der Waals surface area contributed by atoms with Crippen LogP contribution in [-0.4, -0.2) is 13.7 Å².